The Hall–Kier alpha value is -2.69. The van der Waals surface area contributed by atoms with Crippen LogP contribution in [0.3, 0.4) is 0 Å². The van der Waals surface area contributed by atoms with Gasteiger partial charge in [-0.25, -0.2) is 17.5 Å². The van der Waals surface area contributed by atoms with E-state index in [2.05, 4.69) is 20.9 Å². The molecule has 1 atom stereocenters. The Balaban J connectivity index is 2.02. The number of halogens is 1. The molecule has 170 valence electrons. The van der Waals surface area contributed by atoms with Gasteiger partial charge in [-0.05, 0) is 61.7 Å². The number of hydrogen-bond donors (Lipinski definition) is 3. The van der Waals surface area contributed by atoms with Gasteiger partial charge in [-0.2, -0.15) is 0 Å². The van der Waals surface area contributed by atoms with Gasteiger partial charge in [0.05, 0.1) is 11.3 Å². The normalized spacial score (nSPS) is 12.6. The van der Waals surface area contributed by atoms with Crippen LogP contribution in [0, 0.1) is 0 Å². The van der Waals surface area contributed by atoms with Crippen LogP contribution in [-0.4, -0.2) is 47.3 Å². The number of hydrogen-bond acceptors (Lipinski definition) is 5. The number of aromatic nitrogens is 1. The summed E-state index contributed by atoms with van der Waals surface area (Å²) in [5.41, 5.74) is 6.90. The third kappa shape index (κ3) is 5.20. The minimum Gasteiger partial charge on any atom is -0.480 e. The van der Waals surface area contributed by atoms with Gasteiger partial charge in [0.25, 0.3) is 10.0 Å². The van der Waals surface area contributed by atoms with E-state index in [0.29, 0.717) is 33.7 Å². The molecule has 1 amide bonds. The number of rotatable bonds is 10. The van der Waals surface area contributed by atoms with E-state index >= 15 is 0 Å². The van der Waals surface area contributed by atoms with Gasteiger partial charge in [-0.1, -0.05) is 34.1 Å². The highest BCUT2D eigenvalue weighted by atomic mass is 79.9. The Morgan fingerprint density at radius 3 is 2.44 bits per heavy atom. The van der Waals surface area contributed by atoms with Gasteiger partial charge < -0.3 is 15.8 Å². The number of nitrogens with two attached hydrogens (primary N) is 1. The van der Waals surface area contributed by atoms with E-state index in [4.69, 9.17) is 5.73 Å². The largest absolute Gasteiger partial charge is 0.480 e. The maximum absolute atomic E-state index is 13.4. The first-order valence-electron chi connectivity index (χ1n) is 10.1. The third-order valence-electron chi connectivity index (χ3n) is 5.13. The molecule has 0 aliphatic heterocycles. The summed E-state index contributed by atoms with van der Waals surface area (Å²) >= 11 is 3.25. The molecule has 0 aliphatic rings. The number of carboxylic acids is 1. The van der Waals surface area contributed by atoms with E-state index in [0.717, 1.165) is 10.9 Å². The van der Waals surface area contributed by atoms with Gasteiger partial charge in [0.2, 0.25) is 5.91 Å². The second-order valence-electron chi connectivity index (χ2n) is 7.32. The number of nitrogens with one attached hydrogen (secondary N) is 1. The fourth-order valence-corrected chi connectivity index (χ4v) is 5.37. The lowest BCUT2D eigenvalue weighted by molar-refractivity contribution is -0.146. The highest BCUT2D eigenvalue weighted by Crippen LogP contribution is 2.26. The van der Waals surface area contributed by atoms with Crippen molar-refractivity contribution in [3.05, 3.63) is 64.8 Å². The molecule has 3 aromatic rings. The molecule has 0 fully saturated rings. The molecule has 0 aliphatic carbocycles. The zero-order valence-corrected chi connectivity index (χ0v) is 19.6. The number of para-hydroxylation sites is 1. The quantitative estimate of drug-likeness (QED) is 0.350. The van der Waals surface area contributed by atoms with Crippen molar-refractivity contribution in [3.63, 3.8) is 0 Å². The van der Waals surface area contributed by atoms with Crippen molar-refractivity contribution in [1.29, 1.82) is 0 Å². The number of sulfonamides is 1. The molecule has 32 heavy (non-hydrogen) atoms. The van der Waals surface area contributed by atoms with E-state index in [1.165, 1.54) is 24.3 Å². The molecule has 0 saturated carbocycles. The van der Waals surface area contributed by atoms with Crippen molar-refractivity contribution >= 4 is 48.7 Å². The molecular weight excluding hydrogens is 498 g/mol. The highest BCUT2D eigenvalue weighted by molar-refractivity contribution is 9.10. The minimum absolute atomic E-state index is 0.0259. The number of carbonyl (C=O) groups excluding carboxylic acids is 1. The van der Waals surface area contributed by atoms with Crippen LogP contribution in [0.4, 0.5) is 0 Å². The average Bonchev–Trinajstić information content (AvgIpc) is 3.16. The van der Waals surface area contributed by atoms with E-state index in [1.54, 1.807) is 6.20 Å². The molecule has 1 aromatic heterocycles. The van der Waals surface area contributed by atoms with Gasteiger partial charge in [-0.15, -0.1) is 0 Å². The van der Waals surface area contributed by atoms with Crippen molar-refractivity contribution in [2.45, 2.75) is 36.6 Å². The van der Waals surface area contributed by atoms with Crippen molar-refractivity contribution in [3.8, 4) is 0 Å². The standard InChI is InChI=1S/C22H24BrN3O5S/c23-16-8-10-17(11-9-16)32(30,31)26(20(22(28)29)7-3-4-12-24)21(27)13-15-14-25-19-6-2-1-5-18(15)19/h1-2,5-6,8-11,14,20,25H,3-4,7,12-13,24H2,(H,28,29)/t20-/m0/s1. The van der Waals surface area contributed by atoms with Crippen LogP contribution in [0.25, 0.3) is 10.9 Å². The predicted molar refractivity (Wildman–Crippen MR) is 125 cm³/mol. The van der Waals surface area contributed by atoms with Gasteiger partial charge in [0.15, 0.2) is 0 Å². The number of H-pyrrole nitrogens is 1. The highest BCUT2D eigenvalue weighted by Gasteiger charge is 2.39. The molecule has 8 nitrogen and oxygen atoms in total. The monoisotopic (exact) mass is 521 g/mol. The van der Waals surface area contributed by atoms with Crippen molar-refractivity contribution < 1.29 is 23.1 Å². The summed E-state index contributed by atoms with van der Waals surface area (Å²) in [5.74, 6) is -2.19. The number of amides is 1. The summed E-state index contributed by atoms with van der Waals surface area (Å²) in [4.78, 5) is 28.3. The summed E-state index contributed by atoms with van der Waals surface area (Å²) < 4.78 is 28.1. The summed E-state index contributed by atoms with van der Waals surface area (Å²) in [6, 6.07) is 11.5. The van der Waals surface area contributed by atoms with Crippen molar-refractivity contribution in [2.75, 3.05) is 6.54 Å². The molecule has 10 heteroatoms. The van der Waals surface area contributed by atoms with Crippen LogP contribution >= 0.6 is 15.9 Å². The SMILES string of the molecule is NCCCC[C@@H](C(=O)O)N(C(=O)Cc1c[nH]c2ccccc12)S(=O)(=O)c1ccc(Br)cc1. The second-order valence-corrected chi connectivity index (χ2v) is 10.1. The van der Waals surface area contributed by atoms with E-state index in [1.807, 2.05) is 24.3 Å². The van der Waals surface area contributed by atoms with Crippen LogP contribution in [0.1, 0.15) is 24.8 Å². The molecule has 0 unspecified atom stereocenters. The fourth-order valence-electron chi connectivity index (χ4n) is 3.54. The van der Waals surface area contributed by atoms with E-state index in [9.17, 15) is 23.1 Å². The number of benzene rings is 2. The number of aliphatic carboxylic acids is 1. The molecular formula is C22H24BrN3O5S. The maximum Gasteiger partial charge on any atom is 0.327 e. The summed E-state index contributed by atoms with van der Waals surface area (Å²) in [6.45, 7) is 0.342. The molecule has 0 radical (unpaired) electrons. The van der Waals surface area contributed by atoms with Crippen LogP contribution in [-0.2, 0) is 26.0 Å². The van der Waals surface area contributed by atoms with Crippen LogP contribution in [0.2, 0.25) is 0 Å². The number of unbranched alkanes of at least 4 members (excludes halogenated alkanes) is 1. The Bertz CT molecular complexity index is 1210. The van der Waals surface area contributed by atoms with E-state index < -0.39 is 27.9 Å². The Morgan fingerprint density at radius 2 is 1.78 bits per heavy atom. The first-order chi connectivity index (χ1) is 15.3. The average molecular weight is 522 g/mol. The summed E-state index contributed by atoms with van der Waals surface area (Å²) in [5, 5.41) is 10.6. The third-order valence-corrected chi connectivity index (χ3v) is 7.51. The van der Waals surface area contributed by atoms with Gasteiger partial charge in [0.1, 0.15) is 6.04 Å². The Labute approximate surface area is 194 Å². The lowest BCUT2D eigenvalue weighted by Gasteiger charge is -2.28. The zero-order chi connectivity index (χ0) is 23.3. The first-order valence-corrected chi connectivity index (χ1v) is 12.3. The van der Waals surface area contributed by atoms with Crippen molar-refractivity contribution in [1.82, 2.24) is 9.29 Å². The summed E-state index contributed by atoms with van der Waals surface area (Å²) in [6.07, 6.45) is 2.24. The lowest BCUT2D eigenvalue weighted by atomic mass is 10.1. The number of fused-ring (bicyclic) bond motifs is 1. The Kier molecular flexibility index (Phi) is 7.70. The molecule has 1 heterocycles. The number of aromatic amines is 1. The maximum atomic E-state index is 13.4. The van der Waals surface area contributed by atoms with Crippen LogP contribution in [0.15, 0.2) is 64.1 Å². The number of nitrogens with zero attached hydrogens (tertiary/aromatic N) is 1. The molecule has 0 saturated heterocycles. The van der Waals surface area contributed by atoms with E-state index in [-0.39, 0.29) is 17.7 Å². The van der Waals surface area contributed by atoms with Crippen LogP contribution < -0.4 is 5.73 Å². The molecule has 4 N–H and O–H groups in total. The second kappa shape index (κ2) is 10.3. The minimum atomic E-state index is -4.41. The topological polar surface area (TPSA) is 134 Å². The van der Waals surface area contributed by atoms with Crippen LogP contribution in [0.5, 0.6) is 0 Å². The first kappa shape index (κ1) is 24.0. The lowest BCUT2D eigenvalue weighted by Crippen LogP contribution is -2.49. The zero-order valence-electron chi connectivity index (χ0n) is 17.2. The van der Waals surface area contributed by atoms with Gasteiger partial charge >= 0.3 is 5.97 Å². The molecule has 3 rings (SSSR count). The summed E-state index contributed by atoms with van der Waals surface area (Å²) in [7, 11) is -4.41. The smallest absolute Gasteiger partial charge is 0.327 e. The number of carbonyl (C=O) groups is 2. The molecule has 2 aromatic carbocycles. The predicted octanol–water partition coefficient (Wildman–Crippen LogP) is 3.27. The van der Waals surface area contributed by atoms with Gasteiger partial charge in [0, 0.05) is 21.6 Å². The van der Waals surface area contributed by atoms with Gasteiger partial charge in [-0.3, -0.25) is 4.79 Å². The number of carboxylic acid groups (broad SMARTS) is 1. The molecule has 0 spiro atoms. The molecule has 0 bridgehead atoms. The Morgan fingerprint density at radius 1 is 1.09 bits per heavy atom. The fraction of sp³-hybridized carbons (Fsp3) is 0.273. The van der Waals surface area contributed by atoms with Crippen molar-refractivity contribution in [2.24, 2.45) is 5.73 Å².